The van der Waals surface area contributed by atoms with E-state index in [1.54, 1.807) is 20.3 Å². The summed E-state index contributed by atoms with van der Waals surface area (Å²) in [6.45, 7) is 6.18. The molecule has 0 bridgehead atoms. The summed E-state index contributed by atoms with van der Waals surface area (Å²) < 4.78 is 10.8. The number of hydrogen-bond donors (Lipinski definition) is 1. The summed E-state index contributed by atoms with van der Waals surface area (Å²) in [7, 11) is 3.18. The molecule has 1 N–H and O–H groups in total. The van der Waals surface area contributed by atoms with Crippen LogP contribution < -0.4 is 14.8 Å². The van der Waals surface area contributed by atoms with Crippen LogP contribution in [0.2, 0.25) is 0 Å². The Kier molecular flexibility index (Phi) is 5.80. The number of carbonyl (C=O) groups is 1. The molecule has 2 aromatic heterocycles. The lowest BCUT2D eigenvalue weighted by Gasteiger charge is -2.12. The first-order valence-electron chi connectivity index (χ1n) is 10.1. The molecule has 0 aliphatic carbocycles. The number of benzene rings is 2. The number of ether oxygens (including phenoxy) is 2. The molecule has 0 fully saturated rings. The number of methoxy groups -OCH3 is 2. The molecule has 0 saturated heterocycles. The van der Waals surface area contributed by atoms with Gasteiger partial charge in [0.25, 0.3) is 5.91 Å². The van der Waals surface area contributed by atoms with Crippen LogP contribution in [0.4, 0.5) is 5.13 Å². The van der Waals surface area contributed by atoms with Crippen LogP contribution in [-0.4, -0.2) is 35.3 Å². The molecule has 2 heterocycles. The number of aromatic nitrogens is 3. The monoisotopic (exact) mass is 448 g/mol. The van der Waals surface area contributed by atoms with E-state index in [0.717, 1.165) is 21.5 Å². The lowest BCUT2D eigenvalue weighted by atomic mass is 9.98. The second-order valence-electron chi connectivity index (χ2n) is 8.26. The van der Waals surface area contributed by atoms with Crippen molar-refractivity contribution >= 4 is 33.3 Å². The third-order valence-electron chi connectivity index (χ3n) is 4.93. The molecule has 0 unspecified atom stereocenters. The average Bonchev–Trinajstić information content (AvgIpc) is 3.27. The van der Waals surface area contributed by atoms with E-state index < -0.39 is 0 Å². The Morgan fingerprint density at radius 2 is 1.72 bits per heavy atom. The first kappa shape index (κ1) is 21.7. The van der Waals surface area contributed by atoms with Gasteiger partial charge in [-0.2, -0.15) is 0 Å². The third-order valence-corrected chi connectivity index (χ3v) is 6.19. The van der Waals surface area contributed by atoms with Crippen molar-refractivity contribution in [3.8, 4) is 22.8 Å². The minimum atomic E-state index is -0.262. The Balaban J connectivity index is 1.76. The normalized spacial score (nSPS) is 11.4. The molecule has 0 aliphatic heterocycles. The number of amides is 1. The maximum Gasteiger partial charge on any atom is 0.258 e. The summed E-state index contributed by atoms with van der Waals surface area (Å²) in [6.07, 6.45) is 0. The lowest BCUT2D eigenvalue weighted by Crippen LogP contribution is -2.13. The molecule has 0 radical (unpaired) electrons. The Bertz CT molecular complexity index is 1290. The van der Waals surface area contributed by atoms with Gasteiger partial charge in [-0.15, -0.1) is 10.2 Å². The zero-order valence-electron chi connectivity index (χ0n) is 18.6. The van der Waals surface area contributed by atoms with Gasteiger partial charge in [-0.05, 0) is 30.3 Å². The van der Waals surface area contributed by atoms with Crippen molar-refractivity contribution in [2.24, 2.45) is 0 Å². The summed E-state index contributed by atoms with van der Waals surface area (Å²) in [6, 6.07) is 14.9. The molecule has 32 heavy (non-hydrogen) atoms. The van der Waals surface area contributed by atoms with Crippen molar-refractivity contribution in [3.63, 3.8) is 0 Å². The first-order valence-corrected chi connectivity index (χ1v) is 10.9. The van der Waals surface area contributed by atoms with E-state index in [1.807, 2.05) is 42.5 Å². The fourth-order valence-corrected chi connectivity index (χ4v) is 4.04. The molecular weight excluding hydrogens is 424 g/mol. The van der Waals surface area contributed by atoms with Crippen LogP contribution in [0.15, 0.2) is 48.5 Å². The zero-order chi connectivity index (χ0) is 22.9. The van der Waals surface area contributed by atoms with Crippen LogP contribution in [-0.2, 0) is 5.41 Å². The minimum Gasteiger partial charge on any atom is -0.493 e. The Morgan fingerprint density at radius 3 is 2.41 bits per heavy atom. The van der Waals surface area contributed by atoms with E-state index in [0.29, 0.717) is 27.9 Å². The topological polar surface area (TPSA) is 86.2 Å². The third kappa shape index (κ3) is 4.27. The fraction of sp³-hybridized carbons (Fsp3) is 0.250. The number of nitrogens with one attached hydrogen (secondary N) is 1. The summed E-state index contributed by atoms with van der Waals surface area (Å²) in [5.74, 6) is 0.956. The molecule has 2 aromatic carbocycles. The van der Waals surface area contributed by atoms with Crippen molar-refractivity contribution in [2.75, 3.05) is 19.5 Å². The highest BCUT2D eigenvalue weighted by Gasteiger charge is 2.21. The Hall–Kier alpha value is -3.52. The van der Waals surface area contributed by atoms with Crippen LogP contribution in [0.3, 0.4) is 0 Å². The summed E-state index contributed by atoms with van der Waals surface area (Å²) in [5.41, 5.74) is 2.56. The number of fused-ring (bicyclic) bond motifs is 1. The standard InChI is InChI=1S/C24H24N4O3S/c1-24(2,3)22-27-28-23(32-22)26-21(29)16-13-18(25-17-9-7-6-8-15(16)17)14-10-11-19(30-4)20(12-14)31-5/h6-13H,1-5H3,(H,26,28,29). The lowest BCUT2D eigenvalue weighted by molar-refractivity contribution is 0.102. The summed E-state index contributed by atoms with van der Waals surface area (Å²) >= 11 is 1.38. The van der Waals surface area contributed by atoms with Gasteiger partial charge in [0.15, 0.2) is 11.5 Å². The second-order valence-corrected chi connectivity index (χ2v) is 9.24. The molecule has 0 saturated carbocycles. The van der Waals surface area contributed by atoms with Gasteiger partial charge in [0.1, 0.15) is 5.01 Å². The van der Waals surface area contributed by atoms with Crippen LogP contribution >= 0.6 is 11.3 Å². The van der Waals surface area contributed by atoms with Gasteiger partial charge in [-0.1, -0.05) is 50.3 Å². The molecule has 0 atom stereocenters. The number of nitrogens with zero attached hydrogens (tertiary/aromatic N) is 3. The zero-order valence-corrected chi connectivity index (χ0v) is 19.4. The summed E-state index contributed by atoms with van der Waals surface area (Å²) in [5, 5.41) is 13.3. The van der Waals surface area contributed by atoms with Crippen LogP contribution in [0, 0.1) is 0 Å². The van der Waals surface area contributed by atoms with Crippen molar-refractivity contribution < 1.29 is 14.3 Å². The molecule has 0 aliphatic rings. The number of hydrogen-bond acceptors (Lipinski definition) is 7. The number of anilines is 1. The van der Waals surface area contributed by atoms with Gasteiger partial charge < -0.3 is 9.47 Å². The van der Waals surface area contributed by atoms with Crippen LogP contribution in [0.1, 0.15) is 36.1 Å². The maximum atomic E-state index is 13.2. The smallest absolute Gasteiger partial charge is 0.258 e. The minimum absolute atomic E-state index is 0.134. The molecular formula is C24H24N4O3S. The van der Waals surface area contributed by atoms with Crippen LogP contribution in [0.25, 0.3) is 22.2 Å². The molecule has 1 amide bonds. The van der Waals surface area contributed by atoms with Gasteiger partial charge in [0.2, 0.25) is 5.13 Å². The number of pyridine rings is 1. The van der Waals surface area contributed by atoms with Gasteiger partial charge in [0.05, 0.1) is 31.0 Å². The van der Waals surface area contributed by atoms with Crippen molar-refractivity contribution in [1.29, 1.82) is 0 Å². The molecule has 0 spiro atoms. The molecule has 164 valence electrons. The van der Waals surface area contributed by atoms with Gasteiger partial charge in [0, 0.05) is 16.4 Å². The average molecular weight is 449 g/mol. The van der Waals surface area contributed by atoms with Crippen molar-refractivity contribution in [1.82, 2.24) is 15.2 Å². The van der Waals surface area contributed by atoms with E-state index >= 15 is 0 Å². The van der Waals surface area contributed by atoms with Gasteiger partial charge >= 0.3 is 0 Å². The van der Waals surface area contributed by atoms with E-state index in [9.17, 15) is 4.79 Å². The Morgan fingerprint density at radius 1 is 0.969 bits per heavy atom. The van der Waals surface area contributed by atoms with E-state index in [-0.39, 0.29) is 11.3 Å². The van der Waals surface area contributed by atoms with Crippen molar-refractivity contribution in [2.45, 2.75) is 26.2 Å². The number of rotatable bonds is 5. The molecule has 8 heteroatoms. The molecule has 4 rings (SSSR count). The van der Waals surface area contributed by atoms with Gasteiger partial charge in [-0.3, -0.25) is 10.1 Å². The second kappa shape index (κ2) is 8.55. The van der Waals surface area contributed by atoms with Crippen molar-refractivity contribution in [3.05, 3.63) is 59.1 Å². The van der Waals surface area contributed by atoms with E-state index in [4.69, 9.17) is 14.5 Å². The summed E-state index contributed by atoms with van der Waals surface area (Å²) in [4.78, 5) is 18.0. The number of carbonyl (C=O) groups excluding carboxylic acids is 1. The quantitative estimate of drug-likeness (QED) is 0.445. The SMILES string of the molecule is COc1ccc(-c2cc(C(=O)Nc3nnc(C(C)(C)C)s3)c3ccccc3n2)cc1OC. The highest BCUT2D eigenvalue weighted by atomic mass is 32.1. The first-order chi connectivity index (χ1) is 15.3. The predicted molar refractivity (Wildman–Crippen MR) is 127 cm³/mol. The molecule has 7 nitrogen and oxygen atoms in total. The molecule has 4 aromatic rings. The number of para-hydroxylation sites is 1. The highest BCUT2D eigenvalue weighted by Crippen LogP contribution is 2.33. The van der Waals surface area contributed by atoms with Crippen LogP contribution in [0.5, 0.6) is 11.5 Å². The van der Waals surface area contributed by atoms with E-state index in [1.165, 1.54) is 11.3 Å². The van der Waals surface area contributed by atoms with E-state index in [2.05, 4.69) is 36.3 Å². The van der Waals surface area contributed by atoms with Gasteiger partial charge in [-0.25, -0.2) is 4.98 Å². The largest absolute Gasteiger partial charge is 0.493 e. The fourth-order valence-electron chi connectivity index (χ4n) is 3.25. The Labute approximate surface area is 190 Å². The predicted octanol–water partition coefficient (Wildman–Crippen LogP) is 5.32. The highest BCUT2D eigenvalue weighted by molar-refractivity contribution is 7.15. The maximum absolute atomic E-state index is 13.2.